The minimum Gasteiger partial charge on any atom is -0.355 e. The molecule has 0 aromatic heterocycles. The van der Waals surface area contributed by atoms with Gasteiger partial charge in [-0.25, -0.2) is 0 Å². The molecule has 2 rings (SSSR count). The van der Waals surface area contributed by atoms with Crippen molar-refractivity contribution in [3.05, 3.63) is 34.9 Å². The highest BCUT2D eigenvalue weighted by Gasteiger charge is 2.41. The molecule has 82 valence electrons. The number of hydrogen-bond acceptors (Lipinski definition) is 2. The van der Waals surface area contributed by atoms with Gasteiger partial charge in [-0.1, -0.05) is 23.7 Å². The Bertz CT molecular complexity index is 378. The van der Waals surface area contributed by atoms with Gasteiger partial charge in [0.15, 0.2) is 0 Å². The molecule has 1 aromatic rings. The van der Waals surface area contributed by atoms with E-state index in [0.29, 0.717) is 6.61 Å². The van der Waals surface area contributed by atoms with E-state index in [0.717, 1.165) is 10.6 Å². The van der Waals surface area contributed by atoms with E-state index in [-0.39, 0.29) is 5.54 Å². The van der Waals surface area contributed by atoms with Gasteiger partial charge in [-0.05, 0) is 38.5 Å². The lowest BCUT2D eigenvalue weighted by Gasteiger charge is -2.27. The van der Waals surface area contributed by atoms with Crippen LogP contribution in [0.1, 0.15) is 26.3 Å². The fourth-order valence-corrected chi connectivity index (χ4v) is 2.17. The highest BCUT2D eigenvalue weighted by molar-refractivity contribution is 6.30. The number of nitrogens with one attached hydrogen (secondary N) is 1. The monoisotopic (exact) mass is 225 g/mol. The van der Waals surface area contributed by atoms with Gasteiger partial charge in [-0.3, -0.25) is 5.32 Å². The van der Waals surface area contributed by atoms with Crippen LogP contribution in [0.15, 0.2) is 24.3 Å². The van der Waals surface area contributed by atoms with Crippen molar-refractivity contribution >= 4 is 11.6 Å². The van der Waals surface area contributed by atoms with Crippen LogP contribution in [-0.2, 0) is 10.5 Å². The molecule has 1 aromatic carbocycles. The molecule has 1 fully saturated rings. The maximum absolute atomic E-state index is 5.97. The SMILES string of the molecule is CC1(C)COC(C)(c2cccc(Cl)c2)N1. The fourth-order valence-electron chi connectivity index (χ4n) is 1.98. The molecule has 2 nitrogen and oxygen atoms in total. The van der Waals surface area contributed by atoms with Crippen LogP contribution in [-0.4, -0.2) is 12.1 Å². The van der Waals surface area contributed by atoms with Crippen molar-refractivity contribution in [1.29, 1.82) is 0 Å². The molecule has 1 unspecified atom stereocenters. The van der Waals surface area contributed by atoms with Crippen molar-refractivity contribution in [2.75, 3.05) is 6.61 Å². The highest BCUT2D eigenvalue weighted by Crippen LogP contribution is 2.32. The van der Waals surface area contributed by atoms with Crippen molar-refractivity contribution < 1.29 is 4.74 Å². The first-order chi connectivity index (χ1) is 6.91. The van der Waals surface area contributed by atoms with Gasteiger partial charge >= 0.3 is 0 Å². The third-order valence-electron chi connectivity index (χ3n) is 2.67. The molecule has 0 aliphatic carbocycles. The molecule has 1 aliphatic rings. The van der Waals surface area contributed by atoms with E-state index >= 15 is 0 Å². The van der Waals surface area contributed by atoms with E-state index in [9.17, 15) is 0 Å². The minimum absolute atomic E-state index is 0.0110. The Labute approximate surface area is 95.6 Å². The lowest BCUT2D eigenvalue weighted by Crippen LogP contribution is -2.44. The summed E-state index contributed by atoms with van der Waals surface area (Å²) >= 11 is 5.97. The predicted octanol–water partition coefficient (Wildman–Crippen LogP) is 2.91. The Balaban J connectivity index is 2.31. The number of benzene rings is 1. The van der Waals surface area contributed by atoms with Crippen LogP contribution in [0.3, 0.4) is 0 Å². The van der Waals surface area contributed by atoms with Gasteiger partial charge in [0.2, 0.25) is 0 Å². The average molecular weight is 226 g/mol. The van der Waals surface area contributed by atoms with Crippen molar-refractivity contribution in [3.63, 3.8) is 0 Å². The minimum atomic E-state index is -0.422. The largest absolute Gasteiger partial charge is 0.355 e. The highest BCUT2D eigenvalue weighted by atomic mass is 35.5. The molecule has 1 atom stereocenters. The maximum atomic E-state index is 5.97. The number of halogens is 1. The lowest BCUT2D eigenvalue weighted by atomic mass is 10.0. The van der Waals surface area contributed by atoms with Gasteiger partial charge in [0.1, 0.15) is 5.72 Å². The first kappa shape index (κ1) is 10.9. The van der Waals surface area contributed by atoms with Crippen LogP contribution < -0.4 is 5.32 Å². The number of hydrogen-bond donors (Lipinski definition) is 1. The van der Waals surface area contributed by atoms with E-state index in [4.69, 9.17) is 16.3 Å². The molecule has 0 spiro atoms. The number of rotatable bonds is 1. The van der Waals surface area contributed by atoms with Crippen LogP contribution in [0, 0.1) is 0 Å². The Morgan fingerprint density at radius 2 is 2.07 bits per heavy atom. The molecule has 0 saturated carbocycles. The van der Waals surface area contributed by atoms with Crippen molar-refractivity contribution in [2.24, 2.45) is 0 Å². The summed E-state index contributed by atoms with van der Waals surface area (Å²) in [6, 6.07) is 7.78. The molecular formula is C12H16ClNO. The zero-order valence-corrected chi connectivity index (χ0v) is 10.1. The first-order valence-corrected chi connectivity index (χ1v) is 5.48. The molecule has 15 heavy (non-hydrogen) atoms. The Morgan fingerprint density at radius 1 is 1.33 bits per heavy atom. The molecule has 1 aliphatic heterocycles. The summed E-state index contributed by atoms with van der Waals surface area (Å²) in [5, 5.41) is 4.21. The van der Waals surface area contributed by atoms with Gasteiger partial charge < -0.3 is 4.74 Å². The summed E-state index contributed by atoms with van der Waals surface area (Å²) in [5.41, 5.74) is 0.659. The van der Waals surface area contributed by atoms with E-state index in [2.05, 4.69) is 19.2 Å². The molecule has 1 saturated heterocycles. The quantitative estimate of drug-likeness (QED) is 0.794. The summed E-state index contributed by atoms with van der Waals surface area (Å²) in [7, 11) is 0. The molecule has 0 amide bonds. The van der Waals surface area contributed by atoms with Gasteiger partial charge in [0.05, 0.1) is 6.61 Å². The van der Waals surface area contributed by atoms with E-state index in [1.165, 1.54) is 0 Å². The smallest absolute Gasteiger partial charge is 0.143 e. The Kier molecular flexibility index (Phi) is 2.53. The van der Waals surface area contributed by atoms with Crippen LogP contribution >= 0.6 is 11.6 Å². The summed E-state index contributed by atoms with van der Waals surface area (Å²) in [5.74, 6) is 0. The predicted molar refractivity (Wildman–Crippen MR) is 62.0 cm³/mol. The zero-order valence-electron chi connectivity index (χ0n) is 9.30. The van der Waals surface area contributed by atoms with Gasteiger partial charge in [-0.15, -0.1) is 0 Å². The van der Waals surface area contributed by atoms with Crippen molar-refractivity contribution in [3.8, 4) is 0 Å². The second kappa shape index (κ2) is 3.48. The van der Waals surface area contributed by atoms with E-state index < -0.39 is 5.72 Å². The van der Waals surface area contributed by atoms with E-state index in [1.54, 1.807) is 0 Å². The summed E-state index contributed by atoms with van der Waals surface area (Å²) in [6.45, 7) is 7.00. The second-order valence-electron chi connectivity index (χ2n) is 4.84. The van der Waals surface area contributed by atoms with E-state index in [1.807, 2.05) is 31.2 Å². The third kappa shape index (κ3) is 2.17. The summed E-state index contributed by atoms with van der Waals surface area (Å²) < 4.78 is 5.83. The molecule has 0 radical (unpaired) electrons. The molecule has 1 heterocycles. The maximum Gasteiger partial charge on any atom is 0.143 e. The van der Waals surface area contributed by atoms with Gasteiger partial charge in [0.25, 0.3) is 0 Å². The molecule has 1 N–H and O–H groups in total. The second-order valence-corrected chi connectivity index (χ2v) is 5.28. The van der Waals surface area contributed by atoms with Crippen molar-refractivity contribution in [1.82, 2.24) is 5.32 Å². The first-order valence-electron chi connectivity index (χ1n) is 5.11. The van der Waals surface area contributed by atoms with Crippen molar-refractivity contribution in [2.45, 2.75) is 32.0 Å². The zero-order chi connectivity index (χ0) is 11.1. The van der Waals surface area contributed by atoms with Crippen LogP contribution in [0.2, 0.25) is 5.02 Å². The Morgan fingerprint density at radius 3 is 2.60 bits per heavy atom. The average Bonchev–Trinajstić information content (AvgIpc) is 2.42. The van der Waals surface area contributed by atoms with Crippen LogP contribution in [0.25, 0.3) is 0 Å². The number of ether oxygens (including phenoxy) is 1. The summed E-state index contributed by atoms with van der Waals surface area (Å²) in [4.78, 5) is 0. The topological polar surface area (TPSA) is 21.3 Å². The lowest BCUT2D eigenvalue weighted by molar-refractivity contribution is 0.00219. The molecule has 3 heteroatoms. The van der Waals surface area contributed by atoms with Crippen LogP contribution in [0.4, 0.5) is 0 Å². The Hall–Kier alpha value is -0.570. The third-order valence-corrected chi connectivity index (χ3v) is 2.91. The fraction of sp³-hybridized carbons (Fsp3) is 0.500. The molecule has 0 bridgehead atoms. The standard InChI is InChI=1S/C12H16ClNO/c1-11(2)8-15-12(3,14-11)9-5-4-6-10(13)7-9/h4-7,14H,8H2,1-3H3. The normalized spacial score (nSPS) is 29.3. The van der Waals surface area contributed by atoms with Gasteiger partial charge in [0, 0.05) is 10.6 Å². The molecular weight excluding hydrogens is 210 g/mol. The van der Waals surface area contributed by atoms with Gasteiger partial charge in [-0.2, -0.15) is 0 Å². The van der Waals surface area contributed by atoms with Crippen LogP contribution in [0.5, 0.6) is 0 Å². The summed E-state index contributed by atoms with van der Waals surface area (Å²) in [6.07, 6.45) is 0.